The summed E-state index contributed by atoms with van der Waals surface area (Å²) in [5.74, 6) is 0. The van der Waals surface area contributed by atoms with Crippen LogP contribution in [0, 0.1) is 0 Å². The number of hydrogen-bond donors (Lipinski definition) is 1. The first-order chi connectivity index (χ1) is 4.86. The van der Waals surface area contributed by atoms with Gasteiger partial charge in [0.25, 0.3) is 0 Å². The van der Waals surface area contributed by atoms with Gasteiger partial charge in [-0.2, -0.15) is 0 Å². The molecular formula is C6H5N4. The average Bonchev–Trinajstić information content (AvgIpc) is 2.33. The second-order valence-electron chi connectivity index (χ2n) is 2.04. The highest BCUT2D eigenvalue weighted by molar-refractivity contribution is 5.67. The lowest BCUT2D eigenvalue weighted by Crippen LogP contribution is -1.85. The molecule has 0 unspecified atom stereocenters. The number of rotatable bonds is 0. The first kappa shape index (κ1) is 5.22. The summed E-state index contributed by atoms with van der Waals surface area (Å²) in [7, 11) is 0. The Morgan fingerprint density at radius 3 is 3.00 bits per heavy atom. The molecule has 1 aromatic rings. The minimum absolute atomic E-state index is 0.690. The van der Waals surface area contributed by atoms with E-state index in [1.54, 1.807) is 18.2 Å². The van der Waals surface area contributed by atoms with Crippen LogP contribution in [0.1, 0.15) is 0 Å². The van der Waals surface area contributed by atoms with Crippen molar-refractivity contribution < 1.29 is 0 Å². The summed E-state index contributed by atoms with van der Waals surface area (Å²) in [6, 6.07) is 5.32. The maximum absolute atomic E-state index is 5.49. The maximum Gasteiger partial charge on any atom is 0.117 e. The highest BCUT2D eigenvalue weighted by Gasteiger charge is 2.07. The lowest BCUT2D eigenvalue weighted by molar-refractivity contribution is 0.923. The molecule has 1 aliphatic heterocycles. The molecule has 1 radical (unpaired) electrons. The molecule has 0 bridgehead atoms. The van der Waals surface area contributed by atoms with Crippen LogP contribution < -0.4 is 11.2 Å². The largest absolute Gasteiger partial charge is 0.399 e. The van der Waals surface area contributed by atoms with Crippen LogP contribution in [0.5, 0.6) is 0 Å². The van der Waals surface area contributed by atoms with E-state index in [0.29, 0.717) is 5.69 Å². The number of anilines is 1. The molecule has 2 rings (SSSR count). The van der Waals surface area contributed by atoms with Gasteiger partial charge in [-0.3, -0.25) is 0 Å². The molecule has 0 atom stereocenters. The van der Waals surface area contributed by atoms with Crippen molar-refractivity contribution in [3.63, 3.8) is 0 Å². The van der Waals surface area contributed by atoms with Gasteiger partial charge < -0.3 is 5.73 Å². The summed E-state index contributed by atoms with van der Waals surface area (Å²) < 4.78 is 0. The second-order valence-corrected chi connectivity index (χ2v) is 2.04. The van der Waals surface area contributed by atoms with Gasteiger partial charge in [0.15, 0.2) is 0 Å². The Bertz CT molecular complexity index is 292. The third-order valence-electron chi connectivity index (χ3n) is 1.30. The molecule has 2 N–H and O–H groups in total. The molecule has 0 aromatic heterocycles. The second kappa shape index (κ2) is 1.70. The van der Waals surface area contributed by atoms with Crippen LogP contribution in [0.15, 0.2) is 28.5 Å². The number of hydrogen-bond acceptors (Lipinski definition) is 3. The van der Waals surface area contributed by atoms with Crippen molar-refractivity contribution in [3.8, 4) is 0 Å². The van der Waals surface area contributed by atoms with E-state index in [9.17, 15) is 0 Å². The Morgan fingerprint density at radius 2 is 2.10 bits per heavy atom. The van der Waals surface area contributed by atoms with Crippen LogP contribution in [0.2, 0.25) is 0 Å². The van der Waals surface area contributed by atoms with Crippen molar-refractivity contribution in [2.75, 3.05) is 5.73 Å². The highest BCUT2D eigenvalue weighted by atomic mass is 15.5. The zero-order chi connectivity index (χ0) is 6.97. The van der Waals surface area contributed by atoms with Gasteiger partial charge in [-0.25, -0.2) is 0 Å². The summed E-state index contributed by atoms with van der Waals surface area (Å²) in [4.78, 5) is 0. The smallest absolute Gasteiger partial charge is 0.117 e. The summed E-state index contributed by atoms with van der Waals surface area (Å²) >= 11 is 0. The van der Waals surface area contributed by atoms with E-state index in [1.807, 2.05) is 0 Å². The Hall–Kier alpha value is -1.58. The normalized spacial score (nSPS) is 12.8. The van der Waals surface area contributed by atoms with Crippen LogP contribution in [0.4, 0.5) is 17.1 Å². The molecule has 0 saturated carbocycles. The van der Waals surface area contributed by atoms with Crippen LogP contribution >= 0.6 is 0 Å². The van der Waals surface area contributed by atoms with E-state index >= 15 is 0 Å². The topological polar surface area (TPSA) is 64.8 Å². The third-order valence-corrected chi connectivity index (χ3v) is 1.30. The number of benzene rings is 1. The van der Waals surface area contributed by atoms with Crippen molar-refractivity contribution in [3.05, 3.63) is 18.2 Å². The molecule has 1 aliphatic rings. The van der Waals surface area contributed by atoms with Crippen LogP contribution in [0.25, 0.3) is 0 Å². The summed E-state index contributed by atoms with van der Waals surface area (Å²) in [6.45, 7) is 0. The number of nitrogen functional groups attached to an aromatic ring is 1. The van der Waals surface area contributed by atoms with Gasteiger partial charge in [-0.05, 0) is 23.4 Å². The van der Waals surface area contributed by atoms with Gasteiger partial charge in [-0.1, -0.05) is 0 Å². The average molecular weight is 133 g/mol. The zero-order valence-corrected chi connectivity index (χ0v) is 5.15. The van der Waals surface area contributed by atoms with E-state index in [0.717, 1.165) is 11.4 Å². The van der Waals surface area contributed by atoms with Crippen LogP contribution in [0.3, 0.4) is 0 Å². The SMILES string of the molecule is Nc1ccc2c(c1)[N]N=N2. The molecule has 1 heterocycles. The van der Waals surface area contributed by atoms with Crippen molar-refractivity contribution in [2.24, 2.45) is 10.3 Å². The maximum atomic E-state index is 5.49. The Labute approximate surface area is 57.7 Å². The van der Waals surface area contributed by atoms with Gasteiger partial charge in [0.05, 0.1) is 0 Å². The van der Waals surface area contributed by atoms with Gasteiger partial charge >= 0.3 is 0 Å². The van der Waals surface area contributed by atoms with E-state index in [2.05, 4.69) is 15.8 Å². The summed E-state index contributed by atoms with van der Waals surface area (Å²) in [6.07, 6.45) is 0. The lowest BCUT2D eigenvalue weighted by atomic mass is 10.2. The van der Waals surface area contributed by atoms with Crippen molar-refractivity contribution in [1.82, 2.24) is 5.43 Å². The van der Waals surface area contributed by atoms with Gasteiger partial charge in [-0.15, -0.1) is 10.5 Å². The fraction of sp³-hybridized carbons (Fsp3) is 0. The Balaban J connectivity index is 2.59. The minimum Gasteiger partial charge on any atom is -0.399 e. The van der Waals surface area contributed by atoms with Crippen molar-refractivity contribution in [1.29, 1.82) is 0 Å². The van der Waals surface area contributed by atoms with E-state index in [4.69, 9.17) is 5.73 Å². The van der Waals surface area contributed by atoms with E-state index in [-0.39, 0.29) is 0 Å². The van der Waals surface area contributed by atoms with Crippen LogP contribution in [-0.4, -0.2) is 0 Å². The number of nitrogens with zero attached hydrogens (tertiary/aromatic N) is 3. The number of nitrogens with two attached hydrogens (primary N) is 1. The fourth-order valence-corrected chi connectivity index (χ4v) is 0.824. The van der Waals surface area contributed by atoms with E-state index in [1.165, 1.54) is 0 Å². The molecule has 0 amide bonds. The first-order valence-corrected chi connectivity index (χ1v) is 2.87. The molecule has 4 nitrogen and oxygen atoms in total. The molecule has 0 saturated heterocycles. The molecule has 1 aromatic carbocycles. The molecule has 0 aliphatic carbocycles. The molecule has 10 heavy (non-hydrogen) atoms. The number of fused-ring (bicyclic) bond motifs is 1. The molecule has 0 spiro atoms. The van der Waals surface area contributed by atoms with Gasteiger partial charge in [0.2, 0.25) is 0 Å². The molecule has 4 heteroatoms. The van der Waals surface area contributed by atoms with Crippen molar-refractivity contribution in [2.45, 2.75) is 0 Å². The summed E-state index contributed by atoms with van der Waals surface area (Å²) in [5, 5.41) is 7.23. The Morgan fingerprint density at radius 1 is 1.20 bits per heavy atom. The predicted molar refractivity (Wildman–Crippen MR) is 37.2 cm³/mol. The standard InChI is InChI=1S/C6H5N4/c7-4-1-2-5-6(3-4)9-10-8-5/h1-3H,7H2. The molecule has 0 fully saturated rings. The quantitative estimate of drug-likeness (QED) is 0.535. The van der Waals surface area contributed by atoms with E-state index < -0.39 is 0 Å². The lowest BCUT2D eigenvalue weighted by Gasteiger charge is -1.93. The fourth-order valence-electron chi connectivity index (χ4n) is 0.824. The van der Waals surface area contributed by atoms with Crippen LogP contribution in [-0.2, 0) is 0 Å². The monoisotopic (exact) mass is 133 g/mol. The molecule has 49 valence electrons. The summed E-state index contributed by atoms with van der Waals surface area (Å²) in [5.41, 5.74) is 11.5. The third kappa shape index (κ3) is 0.621. The Kier molecular flexibility index (Phi) is 0.887. The highest BCUT2D eigenvalue weighted by Crippen LogP contribution is 2.31. The molecular weight excluding hydrogens is 128 g/mol. The van der Waals surface area contributed by atoms with Gasteiger partial charge in [0.1, 0.15) is 11.4 Å². The minimum atomic E-state index is 0.690. The first-order valence-electron chi connectivity index (χ1n) is 2.87. The van der Waals surface area contributed by atoms with Gasteiger partial charge in [0, 0.05) is 5.69 Å². The predicted octanol–water partition coefficient (Wildman–Crippen LogP) is 1.52. The van der Waals surface area contributed by atoms with Crippen molar-refractivity contribution >= 4 is 17.1 Å². The zero-order valence-electron chi connectivity index (χ0n) is 5.15.